The highest BCUT2D eigenvalue weighted by molar-refractivity contribution is 5.97. The molecule has 4 aromatic rings. The molecule has 0 saturated heterocycles. The summed E-state index contributed by atoms with van der Waals surface area (Å²) in [7, 11) is 1.94. The fourth-order valence-electron chi connectivity index (χ4n) is 5.68. The number of fused-ring (bicyclic) bond motifs is 5. The quantitative estimate of drug-likeness (QED) is 0.279. The van der Waals surface area contributed by atoms with Crippen LogP contribution in [0.15, 0.2) is 60.8 Å². The topological polar surface area (TPSA) is 3.88 Å². The molecule has 0 amide bonds. The molecule has 1 nitrogen and oxygen atoms in total. The Morgan fingerprint density at radius 1 is 0.812 bits per heavy atom. The van der Waals surface area contributed by atoms with Crippen molar-refractivity contribution in [1.82, 2.24) is 0 Å². The lowest BCUT2D eigenvalue weighted by atomic mass is 9.54. The van der Waals surface area contributed by atoms with Crippen LogP contribution in [0.3, 0.4) is 0 Å². The van der Waals surface area contributed by atoms with E-state index >= 15 is 0 Å². The second-order valence-electron chi connectivity index (χ2n) is 10.5. The summed E-state index contributed by atoms with van der Waals surface area (Å²) in [4.78, 5) is 0. The van der Waals surface area contributed by atoms with Gasteiger partial charge in [0.2, 0.25) is 5.69 Å². The number of aromatic nitrogens is 1. The third kappa shape index (κ3) is 2.67. The van der Waals surface area contributed by atoms with E-state index in [1.807, 2.05) is 24.6 Å². The maximum absolute atomic E-state index is 7.90. The van der Waals surface area contributed by atoms with Crippen molar-refractivity contribution in [3.63, 3.8) is 0 Å². The van der Waals surface area contributed by atoms with Crippen LogP contribution in [0.4, 0.5) is 0 Å². The molecule has 32 heavy (non-hydrogen) atoms. The highest BCUT2D eigenvalue weighted by atomic mass is 14.9. The van der Waals surface area contributed by atoms with Crippen LogP contribution < -0.4 is 4.57 Å². The smallest absolute Gasteiger partial charge is 0.201 e. The summed E-state index contributed by atoms with van der Waals surface area (Å²) in [5.41, 5.74) is 9.85. The highest BCUT2D eigenvalue weighted by Gasteiger charge is 2.47. The molecule has 0 saturated carbocycles. The van der Waals surface area contributed by atoms with Gasteiger partial charge in [0.15, 0.2) is 6.20 Å². The van der Waals surface area contributed by atoms with E-state index in [4.69, 9.17) is 4.11 Å². The van der Waals surface area contributed by atoms with Gasteiger partial charge in [0.25, 0.3) is 0 Å². The number of nitrogens with zero attached hydrogens (tertiary/aromatic N) is 1. The Hall–Kier alpha value is -2.93. The van der Waals surface area contributed by atoms with Crippen molar-refractivity contribution in [2.75, 3.05) is 0 Å². The molecule has 0 bridgehead atoms. The summed E-state index contributed by atoms with van der Waals surface area (Å²) in [5.74, 6) is 0. The molecule has 0 N–H and O–H groups in total. The maximum Gasteiger partial charge on any atom is 0.212 e. The van der Waals surface area contributed by atoms with Crippen molar-refractivity contribution in [1.29, 1.82) is 0 Å². The number of hydrogen-bond acceptors (Lipinski definition) is 0. The Balaban J connectivity index is 1.84. The zero-order valence-electron chi connectivity index (χ0n) is 23.2. The van der Waals surface area contributed by atoms with Crippen molar-refractivity contribution >= 4 is 10.8 Å². The summed E-state index contributed by atoms with van der Waals surface area (Å²) in [5, 5.41) is 2.59. The molecule has 1 heterocycles. The predicted octanol–water partition coefficient (Wildman–Crippen LogP) is 7.49. The Morgan fingerprint density at radius 2 is 1.53 bits per heavy atom. The first-order valence-corrected chi connectivity index (χ1v) is 11.4. The molecule has 0 atom stereocenters. The second-order valence-corrected chi connectivity index (χ2v) is 10.5. The molecule has 1 aromatic heterocycles. The van der Waals surface area contributed by atoms with Gasteiger partial charge in [-0.1, -0.05) is 70.2 Å². The molecule has 0 spiro atoms. The Kier molecular flexibility index (Phi) is 3.73. The molecule has 0 aliphatic heterocycles. The van der Waals surface area contributed by atoms with Crippen LogP contribution >= 0.6 is 0 Å². The summed E-state index contributed by atoms with van der Waals surface area (Å²) in [6, 6.07) is 19.8. The fourth-order valence-corrected chi connectivity index (χ4v) is 5.68. The fraction of sp³-hybridized carbons (Fsp3) is 0.323. The molecule has 1 aliphatic carbocycles. The molecule has 5 rings (SSSR count). The van der Waals surface area contributed by atoms with Gasteiger partial charge in [-0.05, 0) is 76.3 Å². The standard InChI is InChI=1S/C31H34N/c1-19-17-27(32(8)18-20(19)2)23-15-16-26-28(21(23)3)25-14-13-22-11-9-10-12-24(22)29(25)31(6,7)30(26,4)5/h9-18H,1-8H3/q+1/i2D3. The molecule has 0 unspecified atom stereocenters. The maximum atomic E-state index is 7.90. The summed E-state index contributed by atoms with van der Waals surface area (Å²) >= 11 is 0. The molecule has 0 radical (unpaired) electrons. The first-order chi connectivity index (χ1) is 16.3. The van der Waals surface area contributed by atoms with Crippen LogP contribution in [0.25, 0.3) is 33.2 Å². The molecular formula is C31H34N+. The van der Waals surface area contributed by atoms with Crippen molar-refractivity contribution in [3.05, 3.63) is 88.6 Å². The first-order valence-electron chi connectivity index (χ1n) is 12.9. The average Bonchev–Trinajstić information content (AvgIpc) is 2.78. The van der Waals surface area contributed by atoms with E-state index in [0.717, 1.165) is 16.8 Å². The first kappa shape index (κ1) is 17.6. The Labute approximate surface area is 197 Å². The largest absolute Gasteiger partial charge is 0.212 e. The number of benzene rings is 3. The van der Waals surface area contributed by atoms with E-state index < -0.39 is 6.85 Å². The van der Waals surface area contributed by atoms with Gasteiger partial charge in [0, 0.05) is 26.7 Å². The van der Waals surface area contributed by atoms with Gasteiger partial charge >= 0.3 is 0 Å². The van der Waals surface area contributed by atoms with Crippen LogP contribution in [0.2, 0.25) is 0 Å². The van der Waals surface area contributed by atoms with Gasteiger partial charge in [-0.25, -0.2) is 4.57 Å². The van der Waals surface area contributed by atoms with Crippen LogP contribution in [0.5, 0.6) is 0 Å². The van der Waals surface area contributed by atoms with Gasteiger partial charge in [0.05, 0.1) is 0 Å². The minimum absolute atomic E-state index is 0.0627. The molecule has 0 fully saturated rings. The monoisotopic (exact) mass is 423 g/mol. The van der Waals surface area contributed by atoms with Crippen molar-refractivity contribution in [2.24, 2.45) is 7.05 Å². The zero-order chi connectivity index (χ0) is 25.5. The lowest BCUT2D eigenvalue weighted by Crippen LogP contribution is -2.44. The highest BCUT2D eigenvalue weighted by Crippen LogP contribution is 2.57. The van der Waals surface area contributed by atoms with Gasteiger partial charge in [-0.3, -0.25) is 0 Å². The van der Waals surface area contributed by atoms with Gasteiger partial charge < -0.3 is 0 Å². The average molecular weight is 424 g/mol. The number of pyridine rings is 1. The zero-order valence-corrected chi connectivity index (χ0v) is 20.2. The SMILES string of the molecule is [2H]C([2H])([2H])c1c[n+](C)c(-c2ccc3c(c2C)-c2ccc4ccccc4c2C(C)(C)C3(C)C)cc1C. The summed E-state index contributed by atoms with van der Waals surface area (Å²) < 4.78 is 25.7. The summed E-state index contributed by atoms with van der Waals surface area (Å²) in [6.07, 6.45) is 1.77. The normalized spacial score (nSPS) is 17.8. The predicted molar refractivity (Wildman–Crippen MR) is 136 cm³/mol. The molecule has 1 heteroatoms. The summed E-state index contributed by atoms with van der Waals surface area (Å²) in [6.45, 7) is 11.5. The van der Waals surface area contributed by atoms with Crippen molar-refractivity contribution < 1.29 is 8.68 Å². The van der Waals surface area contributed by atoms with E-state index in [2.05, 4.69) is 83.1 Å². The number of hydrogen-bond donors (Lipinski definition) is 0. The molecule has 3 aromatic carbocycles. The second kappa shape index (κ2) is 6.78. The molecule has 1 aliphatic rings. The van der Waals surface area contributed by atoms with E-state index in [9.17, 15) is 0 Å². The van der Waals surface area contributed by atoms with Crippen LogP contribution in [-0.4, -0.2) is 0 Å². The van der Waals surface area contributed by atoms with E-state index in [1.165, 1.54) is 38.6 Å². The minimum Gasteiger partial charge on any atom is -0.201 e. The molecular weight excluding hydrogens is 386 g/mol. The van der Waals surface area contributed by atoms with E-state index in [1.54, 1.807) is 6.20 Å². The minimum atomic E-state index is -2.12. The number of aryl methyl sites for hydroxylation is 3. The van der Waals surface area contributed by atoms with Gasteiger partial charge in [0.1, 0.15) is 7.05 Å². The van der Waals surface area contributed by atoms with Gasteiger partial charge in [-0.2, -0.15) is 0 Å². The number of rotatable bonds is 1. The third-order valence-electron chi connectivity index (χ3n) is 8.28. The van der Waals surface area contributed by atoms with Crippen LogP contribution in [-0.2, 0) is 17.9 Å². The molecule has 162 valence electrons. The van der Waals surface area contributed by atoms with Crippen molar-refractivity contribution in [3.8, 4) is 22.4 Å². The van der Waals surface area contributed by atoms with E-state index in [0.29, 0.717) is 5.56 Å². The van der Waals surface area contributed by atoms with E-state index in [-0.39, 0.29) is 10.8 Å². The third-order valence-corrected chi connectivity index (χ3v) is 8.28. The lowest BCUT2D eigenvalue weighted by Gasteiger charge is -2.49. The lowest BCUT2D eigenvalue weighted by molar-refractivity contribution is -0.660. The van der Waals surface area contributed by atoms with Crippen LogP contribution in [0, 0.1) is 20.7 Å². The van der Waals surface area contributed by atoms with Crippen LogP contribution in [0.1, 0.15) is 59.6 Å². The Morgan fingerprint density at radius 3 is 2.28 bits per heavy atom. The van der Waals surface area contributed by atoms with Gasteiger partial charge in [-0.15, -0.1) is 0 Å². The Bertz CT molecular complexity index is 1510. The van der Waals surface area contributed by atoms with Crippen molar-refractivity contribution in [2.45, 2.75) is 59.2 Å².